The Balaban J connectivity index is 0. The zero-order valence-electron chi connectivity index (χ0n) is 8.26. The van der Waals surface area contributed by atoms with Crippen molar-refractivity contribution < 1.29 is 44.0 Å². The van der Waals surface area contributed by atoms with Crippen molar-refractivity contribution in [1.29, 1.82) is 0 Å². The first-order valence-corrected chi connectivity index (χ1v) is 6.93. The number of aromatic amines is 1. The molecule has 0 fully saturated rings. The topological polar surface area (TPSA) is 83.1 Å². The van der Waals surface area contributed by atoms with Crippen LogP contribution in [0.5, 0.6) is 0 Å². The van der Waals surface area contributed by atoms with Gasteiger partial charge in [-0.15, -0.1) is 0 Å². The number of hydrogen-bond acceptors (Lipinski definition) is 6. The Morgan fingerprint density at radius 3 is 2.79 bits per heavy atom. The third-order valence-electron chi connectivity index (χ3n) is 0.985. The van der Waals surface area contributed by atoms with Crippen LogP contribution in [0, 0.1) is 3.95 Å². The second-order valence-corrected chi connectivity index (χ2v) is 6.59. The van der Waals surface area contributed by atoms with E-state index in [1.807, 2.05) is 0 Å². The number of nitrogens with zero attached hydrogens (tertiary/aromatic N) is 1. The molecule has 10 heteroatoms. The number of thioether (sulfide) groups is 1. The normalized spacial score (nSPS) is 10.9. The van der Waals surface area contributed by atoms with Crippen molar-refractivity contribution in [3.8, 4) is 0 Å². The summed E-state index contributed by atoms with van der Waals surface area (Å²) in [7, 11) is -3.87. The van der Waals surface area contributed by atoms with E-state index in [9.17, 15) is 8.42 Å². The molecule has 0 spiro atoms. The molecule has 0 atom stereocenters. The Labute approximate surface area is 118 Å². The van der Waals surface area contributed by atoms with Gasteiger partial charge in [0.2, 0.25) is 0 Å². The Morgan fingerprint density at radius 2 is 2.36 bits per heavy atom. The van der Waals surface area contributed by atoms with Gasteiger partial charge >= 0.3 is 29.6 Å². The van der Waals surface area contributed by atoms with Crippen molar-refractivity contribution in [3.05, 3.63) is 3.95 Å². The second-order valence-electron chi connectivity index (χ2n) is 2.01. The number of hydrogen-bond donors (Lipinski definition) is 2. The van der Waals surface area contributed by atoms with E-state index in [1.165, 1.54) is 23.1 Å². The van der Waals surface area contributed by atoms with Gasteiger partial charge in [-0.1, -0.05) is 23.1 Å². The smallest absolute Gasteiger partial charge is 1.00 e. The number of nitrogens with one attached hydrogen (secondary N) is 1. The van der Waals surface area contributed by atoms with Crippen molar-refractivity contribution >= 4 is 45.4 Å². The van der Waals surface area contributed by atoms with E-state index < -0.39 is 10.1 Å². The second kappa shape index (κ2) is 6.59. The molecule has 0 unspecified atom stereocenters. The van der Waals surface area contributed by atoms with Crippen molar-refractivity contribution in [2.75, 3.05) is 11.5 Å². The zero-order valence-corrected chi connectivity index (χ0v) is 12.5. The molecule has 0 aromatic carbocycles. The van der Waals surface area contributed by atoms with Crippen LogP contribution < -0.4 is 29.6 Å². The van der Waals surface area contributed by atoms with Crippen LogP contribution in [0.15, 0.2) is 4.34 Å². The average Bonchev–Trinajstić information content (AvgIpc) is 2.33. The van der Waals surface area contributed by atoms with Crippen LogP contribution in [0.2, 0.25) is 0 Å². The van der Waals surface area contributed by atoms with E-state index in [2.05, 4.69) is 10.2 Å². The van der Waals surface area contributed by atoms with Crippen LogP contribution in [0.1, 0.15) is 1.43 Å². The van der Waals surface area contributed by atoms with Gasteiger partial charge < -0.3 is 1.43 Å². The van der Waals surface area contributed by atoms with E-state index in [-0.39, 0.29) is 42.5 Å². The molecule has 0 aliphatic heterocycles. The molecular weight excluding hydrogens is 275 g/mol. The number of H-pyrrole nitrogens is 1. The van der Waals surface area contributed by atoms with E-state index >= 15 is 0 Å². The molecule has 1 rings (SSSR count). The van der Waals surface area contributed by atoms with Gasteiger partial charge in [0, 0.05) is 5.75 Å². The minimum absolute atomic E-state index is 0. The number of rotatable bonds is 4. The SMILES string of the molecule is O=S(=O)(O)CCSc1n[nH]c(=S)s1.[H-].[Na+]. The van der Waals surface area contributed by atoms with Crippen LogP contribution in [0.25, 0.3) is 0 Å². The predicted molar refractivity (Wildman–Crippen MR) is 55.6 cm³/mol. The van der Waals surface area contributed by atoms with Crippen LogP contribution in [-0.2, 0) is 10.1 Å². The molecular formula is C4H7N2NaO3S4. The van der Waals surface area contributed by atoms with Crippen LogP contribution in [0.3, 0.4) is 0 Å². The van der Waals surface area contributed by atoms with Gasteiger partial charge in [-0.25, -0.2) is 0 Å². The van der Waals surface area contributed by atoms with Gasteiger partial charge in [-0.05, 0) is 12.2 Å². The first-order valence-electron chi connectivity index (χ1n) is 3.11. The van der Waals surface area contributed by atoms with Crippen molar-refractivity contribution in [2.24, 2.45) is 0 Å². The fraction of sp³-hybridized carbons (Fsp3) is 0.500. The Kier molecular flexibility index (Phi) is 7.07. The standard InChI is InChI=1S/C4H6N2O3S4.Na.H/c7-13(8,9)2-1-11-4-6-5-3(10)12-4;;/h1-2H2,(H,5,10)(H,7,8,9);;/q;+1;-1. The molecule has 0 radical (unpaired) electrons. The molecule has 0 aliphatic carbocycles. The van der Waals surface area contributed by atoms with E-state index in [4.69, 9.17) is 16.8 Å². The summed E-state index contributed by atoms with van der Waals surface area (Å²) >= 11 is 7.29. The van der Waals surface area contributed by atoms with Gasteiger partial charge in [0.25, 0.3) is 10.1 Å². The monoisotopic (exact) mass is 282 g/mol. The minimum Gasteiger partial charge on any atom is -1.00 e. The van der Waals surface area contributed by atoms with Gasteiger partial charge in [-0.3, -0.25) is 9.65 Å². The molecule has 0 amide bonds. The summed E-state index contributed by atoms with van der Waals surface area (Å²) in [6.45, 7) is 0. The third-order valence-corrected chi connectivity index (χ3v) is 4.20. The molecule has 0 bridgehead atoms. The van der Waals surface area contributed by atoms with Crippen molar-refractivity contribution in [2.45, 2.75) is 4.34 Å². The van der Waals surface area contributed by atoms with Crippen LogP contribution in [0.4, 0.5) is 0 Å². The molecule has 1 heterocycles. The maximum Gasteiger partial charge on any atom is 1.00 e. The van der Waals surface area contributed by atoms with Crippen LogP contribution >= 0.6 is 35.3 Å². The molecule has 14 heavy (non-hydrogen) atoms. The Hall–Kier alpha value is 1.04. The van der Waals surface area contributed by atoms with Gasteiger partial charge in [0.1, 0.15) is 0 Å². The third kappa shape index (κ3) is 6.51. The summed E-state index contributed by atoms with van der Waals surface area (Å²) in [4.78, 5) is 0. The molecule has 1 aromatic rings. The first-order chi connectivity index (χ1) is 5.97. The summed E-state index contributed by atoms with van der Waals surface area (Å²) in [6.07, 6.45) is 0. The molecule has 2 N–H and O–H groups in total. The minimum atomic E-state index is -3.87. The maximum absolute atomic E-state index is 10.3. The van der Waals surface area contributed by atoms with E-state index in [1.54, 1.807) is 0 Å². The fourth-order valence-corrected chi connectivity index (χ4v) is 3.49. The van der Waals surface area contributed by atoms with Gasteiger partial charge in [0.05, 0.1) is 5.75 Å². The molecule has 1 aromatic heterocycles. The summed E-state index contributed by atoms with van der Waals surface area (Å²) in [5.41, 5.74) is 0. The first kappa shape index (κ1) is 15.0. The fourth-order valence-electron chi connectivity index (χ4n) is 0.512. The van der Waals surface area contributed by atoms with Crippen molar-refractivity contribution in [3.63, 3.8) is 0 Å². The van der Waals surface area contributed by atoms with Crippen molar-refractivity contribution in [1.82, 2.24) is 10.2 Å². The summed E-state index contributed by atoms with van der Waals surface area (Å²) in [5, 5.41) is 6.38. The van der Waals surface area contributed by atoms with E-state index in [0.717, 1.165) is 0 Å². The number of aromatic nitrogens is 2. The Bertz CT molecular complexity index is 429. The van der Waals surface area contributed by atoms with E-state index in [0.29, 0.717) is 8.29 Å². The quantitative estimate of drug-likeness (QED) is 0.296. The average molecular weight is 282 g/mol. The molecule has 0 saturated heterocycles. The van der Waals surface area contributed by atoms with Gasteiger partial charge in [0.15, 0.2) is 8.29 Å². The maximum atomic E-state index is 10.3. The van der Waals surface area contributed by atoms with Gasteiger partial charge in [-0.2, -0.15) is 13.5 Å². The van der Waals surface area contributed by atoms with Crippen LogP contribution in [-0.4, -0.2) is 34.7 Å². The predicted octanol–water partition coefficient (Wildman–Crippen LogP) is -1.70. The Morgan fingerprint density at radius 1 is 1.71 bits per heavy atom. The molecule has 76 valence electrons. The molecule has 0 aliphatic rings. The summed E-state index contributed by atoms with van der Waals surface area (Å²) in [5.74, 6) is -0.00102. The zero-order chi connectivity index (χ0) is 9.90. The molecule has 5 nitrogen and oxygen atoms in total. The summed E-state index contributed by atoms with van der Waals surface area (Å²) < 4.78 is 30.3. The summed E-state index contributed by atoms with van der Waals surface area (Å²) in [6, 6.07) is 0. The largest absolute Gasteiger partial charge is 1.00 e. The molecule has 0 saturated carbocycles.